The van der Waals surface area contributed by atoms with Crippen LogP contribution in [0.3, 0.4) is 0 Å². The summed E-state index contributed by atoms with van der Waals surface area (Å²) in [4.78, 5) is 11.4. The van der Waals surface area contributed by atoms with Gasteiger partial charge in [-0.15, -0.1) is 0 Å². The molecule has 0 aromatic carbocycles. The van der Waals surface area contributed by atoms with Gasteiger partial charge in [-0.1, -0.05) is 20.3 Å². The zero-order valence-electron chi connectivity index (χ0n) is 9.25. The van der Waals surface area contributed by atoms with Gasteiger partial charge in [0, 0.05) is 6.54 Å². The van der Waals surface area contributed by atoms with Gasteiger partial charge in [-0.25, -0.2) is 0 Å². The Morgan fingerprint density at radius 1 is 1.57 bits per heavy atom. The van der Waals surface area contributed by atoms with Crippen molar-refractivity contribution in [1.29, 1.82) is 0 Å². The highest BCUT2D eigenvalue weighted by molar-refractivity contribution is 5.81. The third-order valence-electron chi connectivity index (χ3n) is 2.96. The summed E-state index contributed by atoms with van der Waals surface area (Å²) in [6.07, 6.45) is 4.41. The molecular formula is C11H22N2O. The van der Waals surface area contributed by atoms with Crippen molar-refractivity contribution in [3.63, 3.8) is 0 Å². The minimum Gasteiger partial charge on any atom is -0.354 e. The van der Waals surface area contributed by atoms with Crippen LogP contribution in [0.2, 0.25) is 0 Å². The monoisotopic (exact) mass is 198 g/mol. The topological polar surface area (TPSA) is 55.1 Å². The van der Waals surface area contributed by atoms with Crippen LogP contribution >= 0.6 is 0 Å². The van der Waals surface area contributed by atoms with Gasteiger partial charge in [0.1, 0.15) is 0 Å². The number of carbonyl (C=O) groups is 1. The zero-order chi connectivity index (χ0) is 10.6. The molecule has 1 saturated carbocycles. The molecule has 1 fully saturated rings. The largest absolute Gasteiger partial charge is 0.354 e. The molecule has 2 atom stereocenters. The van der Waals surface area contributed by atoms with E-state index < -0.39 is 0 Å². The van der Waals surface area contributed by atoms with Crippen molar-refractivity contribution in [3.05, 3.63) is 0 Å². The molecule has 0 heterocycles. The molecule has 1 amide bonds. The quantitative estimate of drug-likeness (QED) is 0.675. The van der Waals surface area contributed by atoms with Gasteiger partial charge in [-0.05, 0) is 31.1 Å². The van der Waals surface area contributed by atoms with Crippen molar-refractivity contribution >= 4 is 5.91 Å². The van der Waals surface area contributed by atoms with Crippen LogP contribution in [0.5, 0.6) is 0 Å². The summed E-state index contributed by atoms with van der Waals surface area (Å²) in [5.74, 6) is 1.48. The number of nitrogens with one attached hydrogen (secondary N) is 1. The van der Waals surface area contributed by atoms with Crippen molar-refractivity contribution in [1.82, 2.24) is 5.32 Å². The molecule has 3 nitrogen and oxygen atoms in total. The van der Waals surface area contributed by atoms with Gasteiger partial charge in [0.2, 0.25) is 5.91 Å². The molecule has 14 heavy (non-hydrogen) atoms. The third-order valence-corrected chi connectivity index (χ3v) is 2.96. The van der Waals surface area contributed by atoms with Crippen LogP contribution in [-0.4, -0.2) is 18.5 Å². The zero-order valence-corrected chi connectivity index (χ0v) is 9.25. The third kappa shape index (κ3) is 3.66. The lowest BCUT2D eigenvalue weighted by Gasteiger charge is -2.14. The maximum atomic E-state index is 11.4. The van der Waals surface area contributed by atoms with Crippen LogP contribution < -0.4 is 11.1 Å². The molecule has 82 valence electrons. The molecule has 0 saturated heterocycles. The highest BCUT2D eigenvalue weighted by Crippen LogP contribution is 2.35. The van der Waals surface area contributed by atoms with Crippen LogP contribution in [-0.2, 0) is 4.79 Å². The molecule has 3 N–H and O–H groups in total. The molecule has 0 bridgehead atoms. The van der Waals surface area contributed by atoms with E-state index >= 15 is 0 Å². The van der Waals surface area contributed by atoms with Gasteiger partial charge < -0.3 is 11.1 Å². The fourth-order valence-corrected chi connectivity index (χ4v) is 1.67. The highest BCUT2D eigenvalue weighted by atomic mass is 16.2. The van der Waals surface area contributed by atoms with E-state index in [4.69, 9.17) is 5.73 Å². The fourth-order valence-electron chi connectivity index (χ4n) is 1.67. The lowest BCUT2D eigenvalue weighted by atomic mass is 10.1. The van der Waals surface area contributed by atoms with Crippen LogP contribution in [0, 0.1) is 11.8 Å². The first-order valence-electron chi connectivity index (χ1n) is 5.68. The molecule has 1 aliphatic rings. The van der Waals surface area contributed by atoms with Crippen LogP contribution in [0.4, 0.5) is 0 Å². The van der Waals surface area contributed by atoms with E-state index in [0.717, 1.165) is 25.3 Å². The molecule has 0 aromatic heterocycles. The van der Waals surface area contributed by atoms with Crippen molar-refractivity contribution < 1.29 is 4.79 Å². The summed E-state index contributed by atoms with van der Waals surface area (Å²) in [5.41, 5.74) is 5.69. The number of carbonyl (C=O) groups excluding carboxylic acids is 1. The van der Waals surface area contributed by atoms with Gasteiger partial charge in [0.05, 0.1) is 6.04 Å². The molecule has 1 aliphatic carbocycles. The van der Waals surface area contributed by atoms with E-state index in [1.54, 1.807) is 0 Å². The maximum Gasteiger partial charge on any atom is 0.236 e. The number of amides is 1. The van der Waals surface area contributed by atoms with E-state index in [-0.39, 0.29) is 11.9 Å². The molecule has 0 aromatic rings. The van der Waals surface area contributed by atoms with E-state index in [2.05, 4.69) is 12.2 Å². The molecule has 1 rings (SSSR count). The Morgan fingerprint density at radius 2 is 2.21 bits per heavy atom. The predicted molar refractivity (Wildman–Crippen MR) is 57.8 cm³/mol. The normalized spacial score (nSPS) is 20.2. The van der Waals surface area contributed by atoms with Gasteiger partial charge >= 0.3 is 0 Å². The van der Waals surface area contributed by atoms with Crippen molar-refractivity contribution in [3.8, 4) is 0 Å². The summed E-state index contributed by atoms with van der Waals surface area (Å²) in [7, 11) is 0. The first kappa shape index (κ1) is 11.5. The average Bonchev–Trinajstić information content (AvgIpc) is 2.97. The molecule has 2 unspecified atom stereocenters. The van der Waals surface area contributed by atoms with E-state index in [9.17, 15) is 4.79 Å². The van der Waals surface area contributed by atoms with E-state index in [0.29, 0.717) is 5.92 Å². The Kier molecular flexibility index (Phi) is 4.39. The standard InChI is InChI=1S/C11H22N2O/c1-3-4-10(12)11(14)13-7-8(2)9-5-6-9/h8-10H,3-7,12H2,1-2H3,(H,13,14). The average molecular weight is 198 g/mol. The van der Waals surface area contributed by atoms with Crippen molar-refractivity contribution in [2.24, 2.45) is 17.6 Å². The molecule has 0 aliphatic heterocycles. The number of hydrogen-bond donors (Lipinski definition) is 2. The Labute approximate surface area is 86.4 Å². The van der Waals surface area contributed by atoms with Gasteiger partial charge in [0.25, 0.3) is 0 Å². The molecule has 3 heteroatoms. The SMILES string of the molecule is CCCC(N)C(=O)NCC(C)C1CC1. The number of nitrogens with two attached hydrogens (primary N) is 1. The summed E-state index contributed by atoms with van der Waals surface area (Å²) < 4.78 is 0. The smallest absolute Gasteiger partial charge is 0.236 e. The Morgan fingerprint density at radius 3 is 2.71 bits per heavy atom. The van der Waals surface area contributed by atoms with Gasteiger partial charge in [-0.2, -0.15) is 0 Å². The minimum absolute atomic E-state index is 0.0133. The maximum absolute atomic E-state index is 11.4. The Balaban J connectivity index is 2.12. The predicted octanol–water partition coefficient (Wildman–Crippen LogP) is 1.28. The van der Waals surface area contributed by atoms with Crippen molar-refractivity contribution in [2.45, 2.75) is 45.6 Å². The summed E-state index contributed by atoms with van der Waals surface area (Å²) in [5, 5.41) is 2.92. The first-order valence-corrected chi connectivity index (χ1v) is 5.68. The minimum atomic E-state index is -0.314. The summed E-state index contributed by atoms with van der Waals surface area (Å²) >= 11 is 0. The second-order valence-electron chi connectivity index (χ2n) is 4.46. The van der Waals surface area contributed by atoms with Crippen LogP contribution in [0.25, 0.3) is 0 Å². The fraction of sp³-hybridized carbons (Fsp3) is 0.909. The first-order chi connectivity index (χ1) is 6.65. The lowest BCUT2D eigenvalue weighted by molar-refractivity contribution is -0.122. The second kappa shape index (κ2) is 5.35. The Hall–Kier alpha value is -0.570. The molecular weight excluding hydrogens is 176 g/mol. The van der Waals surface area contributed by atoms with Crippen LogP contribution in [0.1, 0.15) is 39.5 Å². The number of hydrogen-bond acceptors (Lipinski definition) is 2. The van der Waals surface area contributed by atoms with Gasteiger partial charge in [-0.3, -0.25) is 4.79 Å². The Bertz CT molecular complexity index is 190. The summed E-state index contributed by atoms with van der Waals surface area (Å²) in [6, 6.07) is -0.314. The molecule has 0 spiro atoms. The lowest BCUT2D eigenvalue weighted by Crippen LogP contribution is -2.42. The molecule has 0 radical (unpaired) electrons. The summed E-state index contributed by atoms with van der Waals surface area (Å²) in [6.45, 7) is 5.03. The van der Waals surface area contributed by atoms with Crippen molar-refractivity contribution in [2.75, 3.05) is 6.54 Å². The van der Waals surface area contributed by atoms with Crippen LogP contribution in [0.15, 0.2) is 0 Å². The number of rotatable bonds is 6. The van der Waals surface area contributed by atoms with Gasteiger partial charge in [0.15, 0.2) is 0 Å². The second-order valence-corrected chi connectivity index (χ2v) is 4.46. The van der Waals surface area contributed by atoms with E-state index in [1.165, 1.54) is 12.8 Å². The highest BCUT2D eigenvalue weighted by Gasteiger charge is 2.28. The van der Waals surface area contributed by atoms with E-state index in [1.807, 2.05) is 6.92 Å².